The maximum absolute atomic E-state index is 10.8. The molecule has 0 aliphatic carbocycles. The molecule has 0 fully saturated rings. The Bertz CT molecular complexity index is 562. The highest BCUT2D eigenvalue weighted by Gasteiger charge is 2.10. The Balaban J connectivity index is 2.62. The Morgan fingerprint density at radius 2 is 1.82 bits per heavy atom. The van der Waals surface area contributed by atoms with E-state index in [1.165, 1.54) is 6.07 Å². The van der Waals surface area contributed by atoms with Crippen molar-refractivity contribution in [2.24, 2.45) is 0 Å². The van der Waals surface area contributed by atoms with Crippen molar-refractivity contribution in [1.82, 2.24) is 0 Å². The van der Waals surface area contributed by atoms with Gasteiger partial charge in [0.05, 0.1) is 4.92 Å². The van der Waals surface area contributed by atoms with Gasteiger partial charge in [0.2, 0.25) is 0 Å². The number of nitro groups is 1. The topological polar surface area (TPSA) is 43.1 Å². The third kappa shape index (κ3) is 2.23. The van der Waals surface area contributed by atoms with Crippen LogP contribution in [-0.4, -0.2) is 4.92 Å². The number of nitrogens with zero attached hydrogens (tertiary/aromatic N) is 1. The molecule has 0 aliphatic rings. The van der Waals surface area contributed by atoms with E-state index in [0.29, 0.717) is 0 Å². The summed E-state index contributed by atoms with van der Waals surface area (Å²) >= 11 is 0. The molecule has 0 spiro atoms. The van der Waals surface area contributed by atoms with Crippen LogP contribution >= 0.6 is 0 Å². The molecule has 3 nitrogen and oxygen atoms in total. The summed E-state index contributed by atoms with van der Waals surface area (Å²) in [5.41, 5.74) is 2.76. The second-order valence-electron chi connectivity index (χ2n) is 3.60. The minimum Gasteiger partial charge on any atom is -0.258 e. The first-order valence-corrected chi connectivity index (χ1v) is 5.18. The Labute approximate surface area is 99.2 Å². The molecular formula is C14H11NO2. The molecule has 0 saturated heterocycles. The molecule has 0 saturated carbocycles. The second-order valence-corrected chi connectivity index (χ2v) is 3.60. The van der Waals surface area contributed by atoms with E-state index < -0.39 is 0 Å². The summed E-state index contributed by atoms with van der Waals surface area (Å²) in [5, 5.41) is 10.8. The zero-order valence-electron chi connectivity index (χ0n) is 9.17. The lowest BCUT2D eigenvalue weighted by atomic mass is 9.99. The summed E-state index contributed by atoms with van der Waals surface area (Å²) in [4.78, 5) is 10.4. The summed E-state index contributed by atoms with van der Waals surface area (Å²) in [7, 11) is 0. The fourth-order valence-corrected chi connectivity index (χ4v) is 1.70. The molecule has 3 heteroatoms. The van der Waals surface area contributed by atoms with Gasteiger partial charge in [0.25, 0.3) is 5.69 Å². The van der Waals surface area contributed by atoms with Crippen molar-refractivity contribution in [2.45, 2.75) is 0 Å². The Morgan fingerprint density at radius 3 is 2.41 bits per heavy atom. The van der Waals surface area contributed by atoms with E-state index in [9.17, 15) is 10.1 Å². The molecule has 0 heterocycles. The first-order chi connectivity index (χ1) is 8.22. The van der Waals surface area contributed by atoms with Crippen LogP contribution in [-0.2, 0) is 0 Å². The molecule has 17 heavy (non-hydrogen) atoms. The Kier molecular flexibility index (Phi) is 3.01. The molecule has 0 N–H and O–H groups in total. The van der Waals surface area contributed by atoms with Gasteiger partial charge in [-0.05, 0) is 22.8 Å². The molecule has 0 radical (unpaired) electrons. The number of non-ortho nitro benzene ring substituents is 1. The smallest absolute Gasteiger partial charge is 0.258 e. The van der Waals surface area contributed by atoms with Crippen LogP contribution in [0.25, 0.3) is 17.2 Å². The van der Waals surface area contributed by atoms with Gasteiger partial charge in [0.15, 0.2) is 0 Å². The van der Waals surface area contributed by atoms with Crippen LogP contribution in [0.5, 0.6) is 0 Å². The van der Waals surface area contributed by atoms with Crippen molar-refractivity contribution in [2.75, 3.05) is 0 Å². The summed E-state index contributed by atoms with van der Waals surface area (Å²) in [6.07, 6.45) is 1.70. The fourth-order valence-electron chi connectivity index (χ4n) is 1.70. The number of rotatable bonds is 3. The van der Waals surface area contributed by atoms with Gasteiger partial charge in [0, 0.05) is 12.1 Å². The zero-order chi connectivity index (χ0) is 12.3. The number of benzene rings is 2. The number of hydrogen-bond donors (Lipinski definition) is 0. The van der Waals surface area contributed by atoms with Gasteiger partial charge >= 0.3 is 0 Å². The number of hydrogen-bond acceptors (Lipinski definition) is 2. The summed E-state index contributed by atoms with van der Waals surface area (Å²) in [5.74, 6) is 0. The minimum absolute atomic E-state index is 0.0921. The van der Waals surface area contributed by atoms with E-state index in [4.69, 9.17) is 0 Å². The van der Waals surface area contributed by atoms with E-state index in [1.807, 2.05) is 30.3 Å². The van der Waals surface area contributed by atoms with Crippen LogP contribution in [0.4, 0.5) is 5.69 Å². The lowest BCUT2D eigenvalue weighted by Crippen LogP contribution is -1.90. The van der Waals surface area contributed by atoms with Gasteiger partial charge in [-0.15, -0.1) is 0 Å². The average molecular weight is 225 g/mol. The lowest BCUT2D eigenvalue weighted by Gasteiger charge is -2.05. The molecule has 0 aromatic heterocycles. The van der Waals surface area contributed by atoms with E-state index in [1.54, 1.807) is 18.2 Å². The highest BCUT2D eigenvalue weighted by atomic mass is 16.6. The van der Waals surface area contributed by atoms with Gasteiger partial charge in [-0.2, -0.15) is 0 Å². The molecular weight excluding hydrogens is 214 g/mol. The third-order valence-corrected chi connectivity index (χ3v) is 2.55. The third-order valence-electron chi connectivity index (χ3n) is 2.55. The normalized spacial score (nSPS) is 9.88. The van der Waals surface area contributed by atoms with Crippen molar-refractivity contribution in [3.05, 3.63) is 70.8 Å². The molecule has 0 bridgehead atoms. The quantitative estimate of drug-likeness (QED) is 0.587. The number of nitro benzene ring substituents is 1. The van der Waals surface area contributed by atoms with Gasteiger partial charge in [-0.3, -0.25) is 10.1 Å². The largest absolute Gasteiger partial charge is 0.270 e. The van der Waals surface area contributed by atoms with Gasteiger partial charge < -0.3 is 0 Å². The van der Waals surface area contributed by atoms with Crippen molar-refractivity contribution in [1.29, 1.82) is 0 Å². The fraction of sp³-hybridized carbons (Fsp3) is 0. The van der Waals surface area contributed by atoms with Crippen LogP contribution in [0.1, 0.15) is 5.56 Å². The minimum atomic E-state index is -0.390. The Morgan fingerprint density at radius 1 is 1.12 bits per heavy atom. The second kappa shape index (κ2) is 4.61. The van der Waals surface area contributed by atoms with E-state index in [2.05, 4.69) is 6.58 Å². The maximum Gasteiger partial charge on any atom is 0.270 e. The van der Waals surface area contributed by atoms with E-state index in [-0.39, 0.29) is 10.6 Å². The van der Waals surface area contributed by atoms with Crippen LogP contribution in [0.2, 0.25) is 0 Å². The molecule has 2 aromatic rings. The molecule has 0 atom stereocenters. The molecule has 2 rings (SSSR count). The predicted octanol–water partition coefficient (Wildman–Crippen LogP) is 3.90. The van der Waals surface area contributed by atoms with Crippen molar-refractivity contribution in [3.63, 3.8) is 0 Å². The predicted molar refractivity (Wildman–Crippen MR) is 68.6 cm³/mol. The monoisotopic (exact) mass is 225 g/mol. The van der Waals surface area contributed by atoms with Crippen LogP contribution in [0, 0.1) is 10.1 Å². The van der Waals surface area contributed by atoms with Crippen LogP contribution in [0.3, 0.4) is 0 Å². The maximum atomic E-state index is 10.8. The van der Waals surface area contributed by atoms with Crippen LogP contribution in [0.15, 0.2) is 55.1 Å². The molecule has 2 aromatic carbocycles. The van der Waals surface area contributed by atoms with Gasteiger partial charge in [-0.25, -0.2) is 0 Å². The average Bonchev–Trinajstić information content (AvgIpc) is 2.39. The Hall–Kier alpha value is -2.42. The molecule has 84 valence electrons. The van der Waals surface area contributed by atoms with Gasteiger partial charge in [0.1, 0.15) is 0 Å². The molecule has 0 aliphatic heterocycles. The van der Waals surface area contributed by atoms with Gasteiger partial charge in [-0.1, -0.05) is 43.0 Å². The summed E-state index contributed by atoms with van der Waals surface area (Å²) in [6, 6.07) is 14.3. The zero-order valence-corrected chi connectivity index (χ0v) is 9.17. The highest BCUT2D eigenvalue weighted by molar-refractivity contribution is 5.76. The molecule has 0 unspecified atom stereocenters. The van der Waals surface area contributed by atoms with Crippen molar-refractivity contribution in [3.8, 4) is 11.1 Å². The SMILES string of the molecule is C=Cc1ccc([N+](=O)[O-])cc1-c1ccccc1. The highest BCUT2D eigenvalue weighted by Crippen LogP contribution is 2.28. The standard InChI is InChI=1S/C14H11NO2/c1-2-11-8-9-13(15(16)17)10-14(11)12-6-4-3-5-7-12/h2-10H,1H2. The summed E-state index contributed by atoms with van der Waals surface area (Å²) in [6.45, 7) is 3.72. The summed E-state index contributed by atoms with van der Waals surface area (Å²) < 4.78 is 0. The van der Waals surface area contributed by atoms with Crippen LogP contribution < -0.4 is 0 Å². The van der Waals surface area contributed by atoms with Crippen molar-refractivity contribution < 1.29 is 4.92 Å². The van der Waals surface area contributed by atoms with E-state index >= 15 is 0 Å². The molecule has 0 amide bonds. The lowest BCUT2D eigenvalue weighted by molar-refractivity contribution is -0.384. The first-order valence-electron chi connectivity index (χ1n) is 5.18. The van der Waals surface area contributed by atoms with E-state index in [0.717, 1.165) is 16.7 Å². The first kappa shape index (κ1) is 11.1. The van der Waals surface area contributed by atoms with Crippen molar-refractivity contribution >= 4 is 11.8 Å².